The van der Waals surface area contributed by atoms with Gasteiger partial charge in [0.15, 0.2) is 5.84 Å². The minimum atomic E-state index is 0.0525. The van der Waals surface area contributed by atoms with E-state index in [-0.39, 0.29) is 5.84 Å². The Morgan fingerprint density at radius 2 is 2.41 bits per heavy atom. The summed E-state index contributed by atoms with van der Waals surface area (Å²) < 4.78 is 0. The van der Waals surface area contributed by atoms with Gasteiger partial charge in [0.05, 0.1) is 0 Å². The first-order valence-corrected chi connectivity index (χ1v) is 5.80. The average Bonchev–Trinajstić information content (AvgIpc) is 3.12. The molecule has 5 nitrogen and oxygen atoms in total. The average molecular weight is 234 g/mol. The van der Waals surface area contributed by atoms with Gasteiger partial charge in [-0.2, -0.15) is 0 Å². The summed E-state index contributed by atoms with van der Waals surface area (Å²) in [5, 5.41) is 11.6. The highest BCUT2D eigenvalue weighted by Crippen LogP contribution is 2.29. The first-order valence-electron chi connectivity index (χ1n) is 5.80. The fourth-order valence-electron chi connectivity index (χ4n) is 1.88. The van der Waals surface area contributed by atoms with Crippen molar-refractivity contribution in [3.05, 3.63) is 29.6 Å². The van der Waals surface area contributed by atoms with Crippen molar-refractivity contribution in [1.82, 2.24) is 9.88 Å². The van der Waals surface area contributed by atoms with E-state index in [0.717, 1.165) is 24.6 Å². The van der Waals surface area contributed by atoms with Crippen molar-refractivity contribution >= 4 is 5.84 Å². The molecule has 1 saturated carbocycles. The molecule has 0 aliphatic heterocycles. The van der Waals surface area contributed by atoms with Crippen LogP contribution in [0.4, 0.5) is 0 Å². The van der Waals surface area contributed by atoms with Gasteiger partial charge in [0.1, 0.15) is 5.69 Å². The Bertz CT molecular complexity index is 415. The van der Waals surface area contributed by atoms with Gasteiger partial charge in [-0.1, -0.05) is 5.16 Å². The highest BCUT2D eigenvalue weighted by Gasteiger charge is 2.22. The third kappa shape index (κ3) is 3.42. The van der Waals surface area contributed by atoms with Gasteiger partial charge in [0, 0.05) is 19.3 Å². The molecule has 0 saturated heterocycles. The van der Waals surface area contributed by atoms with Gasteiger partial charge in [-0.25, -0.2) is 0 Å². The first kappa shape index (κ1) is 11.9. The fourth-order valence-corrected chi connectivity index (χ4v) is 1.88. The Labute approximate surface area is 101 Å². The van der Waals surface area contributed by atoms with Gasteiger partial charge in [0.25, 0.3) is 0 Å². The van der Waals surface area contributed by atoms with Crippen LogP contribution in [0.15, 0.2) is 23.5 Å². The largest absolute Gasteiger partial charge is 0.409 e. The third-order valence-electron chi connectivity index (χ3n) is 2.91. The van der Waals surface area contributed by atoms with Crippen LogP contribution in [-0.4, -0.2) is 34.5 Å². The second-order valence-corrected chi connectivity index (χ2v) is 4.67. The van der Waals surface area contributed by atoms with Crippen molar-refractivity contribution in [1.29, 1.82) is 0 Å². The lowest BCUT2D eigenvalue weighted by atomic mass is 10.2. The second-order valence-electron chi connectivity index (χ2n) is 4.67. The quantitative estimate of drug-likeness (QED) is 0.345. The van der Waals surface area contributed by atoms with Gasteiger partial charge < -0.3 is 15.8 Å². The molecular weight excluding hydrogens is 216 g/mol. The standard InChI is InChI=1S/C12H18N4O/c1-16(7-9-2-3-9)8-10-4-5-14-11(6-10)12(13)15-17/h4-6,9,17H,2-3,7-8H2,1H3,(H2,13,15). The maximum atomic E-state index is 8.60. The zero-order chi connectivity index (χ0) is 12.3. The topological polar surface area (TPSA) is 74.7 Å². The molecule has 0 spiro atoms. The van der Waals surface area contributed by atoms with Gasteiger partial charge >= 0.3 is 0 Å². The number of nitrogens with two attached hydrogens (primary N) is 1. The Morgan fingerprint density at radius 3 is 3.06 bits per heavy atom. The lowest BCUT2D eigenvalue weighted by Gasteiger charge is -2.16. The summed E-state index contributed by atoms with van der Waals surface area (Å²) in [6.45, 7) is 2.01. The smallest absolute Gasteiger partial charge is 0.188 e. The second kappa shape index (κ2) is 5.14. The summed E-state index contributed by atoms with van der Waals surface area (Å²) in [6.07, 6.45) is 4.40. The molecule has 1 aromatic rings. The van der Waals surface area contributed by atoms with Crippen LogP contribution in [0.3, 0.4) is 0 Å². The molecule has 92 valence electrons. The van der Waals surface area contributed by atoms with E-state index in [9.17, 15) is 0 Å². The minimum Gasteiger partial charge on any atom is -0.409 e. The zero-order valence-corrected chi connectivity index (χ0v) is 10.0. The van der Waals surface area contributed by atoms with E-state index in [4.69, 9.17) is 10.9 Å². The molecule has 0 unspecified atom stereocenters. The Hall–Kier alpha value is -1.62. The van der Waals surface area contributed by atoms with Crippen LogP contribution in [0, 0.1) is 5.92 Å². The number of rotatable bonds is 5. The highest BCUT2D eigenvalue weighted by atomic mass is 16.4. The number of hydrogen-bond acceptors (Lipinski definition) is 4. The van der Waals surface area contributed by atoms with Crippen molar-refractivity contribution in [3.63, 3.8) is 0 Å². The Morgan fingerprint density at radius 1 is 1.65 bits per heavy atom. The van der Waals surface area contributed by atoms with Crippen LogP contribution >= 0.6 is 0 Å². The molecule has 3 N–H and O–H groups in total. The number of aromatic nitrogens is 1. The van der Waals surface area contributed by atoms with E-state index in [0.29, 0.717) is 5.69 Å². The van der Waals surface area contributed by atoms with Crippen LogP contribution < -0.4 is 5.73 Å². The monoisotopic (exact) mass is 234 g/mol. The summed E-state index contributed by atoms with van der Waals surface area (Å²) in [5.74, 6) is 0.932. The molecule has 1 aromatic heterocycles. The summed E-state index contributed by atoms with van der Waals surface area (Å²) in [5.41, 5.74) is 7.16. The van der Waals surface area contributed by atoms with E-state index in [1.165, 1.54) is 12.8 Å². The molecule has 2 rings (SSSR count). The molecule has 17 heavy (non-hydrogen) atoms. The number of oxime groups is 1. The maximum absolute atomic E-state index is 8.60. The molecule has 0 atom stereocenters. The predicted molar refractivity (Wildman–Crippen MR) is 65.8 cm³/mol. The van der Waals surface area contributed by atoms with Gasteiger partial charge in [-0.15, -0.1) is 0 Å². The molecular formula is C12H18N4O. The molecule has 5 heteroatoms. The van der Waals surface area contributed by atoms with Crippen molar-refractivity contribution in [2.75, 3.05) is 13.6 Å². The predicted octanol–water partition coefficient (Wildman–Crippen LogP) is 1.02. The fraction of sp³-hybridized carbons (Fsp3) is 0.500. The Balaban J connectivity index is 1.99. The molecule has 0 radical (unpaired) electrons. The number of nitrogens with zero attached hydrogens (tertiary/aromatic N) is 3. The van der Waals surface area contributed by atoms with Crippen molar-refractivity contribution in [2.45, 2.75) is 19.4 Å². The van der Waals surface area contributed by atoms with Crippen molar-refractivity contribution in [3.8, 4) is 0 Å². The van der Waals surface area contributed by atoms with Crippen LogP contribution in [0.25, 0.3) is 0 Å². The number of hydrogen-bond donors (Lipinski definition) is 2. The molecule has 1 aliphatic carbocycles. The lowest BCUT2D eigenvalue weighted by molar-refractivity contribution is 0.313. The van der Waals surface area contributed by atoms with Gasteiger partial charge in [-0.05, 0) is 43.5 Å². The number of amidine groups is 1. The van der Waals surface area contributed by atoms with E-state index in [2.05, 4.69) is 22.1 Å². The van der Waals surface area contributed by atoms with Crippen LogP contribution in [0.2, 0.25) is 0 Å². The van der Waals surface area contributed by atoms with E-state index < -0.39 is 0 Å². The van der Waals surface area contributed by atoms with E-state index in [1.807, 2.05) is 12.1 Å². The van der Waals surface area contributed by atoms with Crippen LogP contribution in [0.5, 0.6) is 0 Å². The number of pyridine rings is 1. The molecule has 0 aromatic carbocycles. The molecule has 1 fully saturated rings. The maximum Gasteiger partial charge on any atom is 0.188 e. The SMILES string of the molecule is CN(Cc1ccnc(C(N)=NO)c1)CC1CC1. The summed E-state index contributed by atoms with van der Waals surface area (Å²) in [6, 6.07) is 3.82. The molecule has 0 amide bonds. The lowest BCUT2D eigenvalue weighted by Crippen LogP contribution is -2.21. The third-order valence-corrected chi connectivity index (χ3v) is 2.91. The van der Waals surface area contributed by atoms with E-state index in [1.54, 1.807) is 6.20 Å². The Kier molecular flexibility index (Phi) is 3.58. The van der Waals surface area contributed by atoms with Crippen molar-refractivity contribution in [2.24, 2.45) is 16.8 Å². The van der Waals surface area contributed by atoms with Crippen LogP contribution in [-0.2, 0) is 6.54 Å². The highest BCUT2D eigenvalue weighted by molar-refractivity contribution is 5.95. The normalized spacial score (nSPS) is 16.5. The summed E-state index contributed by atoms with van der Waals surface area (Å²) in [7, 11) is 2.11. The molecule has 1 heterocycles. The van der Waals surface area contributed by atoms with Crippen LogP contribution in [0.1, 0.15) is 24.1 Å². The van der Waals surface area contributed by atoms with Gasteiger partial charge in [0.2, 0.25) is 0 Å². The summed E-state index contributed by atoms with van der Waals surface area (Å²) in [4.78, 5) is 6.35. The summed E-state index contributed by atoms with van der Waals surface area (Å²) >= 11 is 0. The zero-order valence-electron chi connectivity index (χ0n) is 10.0. The minimum absolute atomic E-state index is 0.0525. The molecule has 0 bridgehead atoms. The van der Waals surface area contributed by atoms with E-state index >= 15 is 0 Å². The van der Waals surface area contributed by atoms with Crippen molar-refractivity contribution < 1.29 is 5.21 Å². The molecule has 1 aliphatic rings. The first-order chi connectivity index (χ1) is 8.19. The van der Waals surface area contributed by atoms with Gasteiger partial charge in [-0.3, -0.25) is 4.98 Å².